The summed E-state index contributed by atoms with van der Waals surface area (Å²) >= 11 is 0. The number of aromatic nitrogens is 1. The Bertz CT molecular complexity index is 360. The second kappa shape index (κ2) is 3.95. The predicted octanol–water partition coefficient (Wildman–Crippen LogP) is 0.551. The lowest BCUT2D eigenvalue weighted by Gasteiger charge is -2.16. The third kappa shape index (κ3) is 1.93. The summed E-state index contributed by atoms with van der Waals surface area (Å²) in [6, 6.07) is 1.88. The predicted molar refractivity (Wildman–Crippen MR) is 55.8 cm³/mol. The number of hydrogen-bond donors (Lipinski definition) is 2. The van der Waals surface area contributed by atoms with Crippen LogP contribution in [0.2, 0.25) is 0 Å². The number of nitrogens with two attached hydrogens (primary N) is 1. The largest absolute Gasteiger partial charge is 0.409 e. The highest BCUT2D eigenvalue weighted by Crippen LogP contribution is 2.17. The second-order valence-electron chi connectivity index (χ2n) is 3.22. The van der Waals surface area contributed by atoms with E-state index in [0.717, 1.165) is 11.4 Å². The minimum Gasteiger partial charge on any atom is -0.409 e. The van der Waals surface area contributed by atoms with Crippen LogP contribution in [0.1, 0.15) is 11.3 Å². The Hall–Kier alpha value is -1.78. The Balaban J connectivity index is 3.29. The zero-order valence-electron chi connectivity index (χ0n) is 8.52. The summed E-state index contributed by atoms with van der Waals surface area (Å²) in [6.45, 7) is 1.89. The van der Waals surface area contributed by atoms with Crippen molar-refractivity contribution in [3.05, 3.63) is 23.5 Å². The molecule has 1 rings (SSSR count). The molecule has 0 aromatic carbocycles. The summed E-state index contributed by atoms with van der Waals surface area (Å²) in [4.78, 5) is 5.98. The third-order valence-corrected chi connectivity index (χ3v) is 1.88. The summed E-state index contributed by atoms with van der Waals surface area (Å²) in [7, 11) is 3.78. The quantitative estimate of drug-likeness (QED) is 0.312. The van der Waals surface area contributed by atoms with Gasteiger partial charge in [0.15, 0.2) is 5.84 Å². The van der Waals surface area contributed by atoms with Crippen molar-refractivity contribution in [1.29, 1.82) is 0 Å². The van der Waals surface area contributed by atoms with Crippen molar-refractivity contribution < 1.29 is 5.21 Å². The van der Waals surface area contributed by atoms with Crippen LogP contribution in [0, 0.1) is 6.92 Å². The molecule has 0 atom stereocenters. The molecule has 14 heavy (non-hydrogen) atoms. The number of anilines is 1. The molecule has 5 heteroatoms. The minimum atomic E-state index is 0.0706. The summed E-state index contributed by atoms with van der Waals surface area (Å²) in [6.07, 6.45) is 1.60. The fraction of sp³-hybridized carbons (Fsp3) is 0.333. The van der Waals surface area contributed by atoms with Gasteiger partial charge in [0.05, 0.1) is 11.3 Å². The van der Waals surface area contributed by atoms with Gasteiger partial charge < -0.3 is 15.8 Å². The highest BCUT2D eigenvalue weighted by atomic mass is 16.4. The van der Waals surface area contributed by atoms with Crippen LogP contribution >= 0.6 is 0 Å². The van der Waals surface area contributed by atoms with E-state index in [1.807, 2.05) is 32.0 Å². The van der Waals surface area contributed by atoms with Gasteiger partial charge in [-0.05, 0) is 13.0 Å². The fourth-order valence-corrected chi connectivity index (χ4v) is 1.17. The highest BCUT2D eigenvalue weighted by Gasteiger charge is 2.09. The van der Waals surface area contributed by atoms with Gasteiger partial charge in [0, 0.05) is 26.0 Å². The number of nitrogens with zero attached hydrogens (tertiary/aromatic N) is 3. The van der Waals surface area contributed by atoms with Crippen LogP contribution < -0.4 is 10.6 Å². The number of oxime groups is 1. The highest BCUT2D eigenvalue weighted by molar-refractivity contribution is 6.01. The van der Waals surface area contributed by atoms with Gasteiger partial charge in [-0.15, -0.1) is 0 Å². The monoisotopic (exact) mass is 194 g/mol. The lowest BCUT2D eigenvalue weighted by molar-refractivity contribution is 0.318. The van der Waals surface area contributed by atoms with Crippen LogP contribution in [0.3, 0.4) is 0 Å². The first kappa shape index (κ1) is 10.3. The maximum absolute atomic E-state index is 8.58. The average molecular weight is 194 g/mol. The zero-order chi connectivity index (χ0) is 10.7. The molecule has 0 saturated carbocycles. The Morgan fingerprint density at radius 3 is 2.71 bits per heavy atom. The molecule has 0 radical (unpaired) electrons. The van der Waals surface area contributed by atoms with Gasteiger partial charge >= 0.3 is 0 Å². The molecule has 0 amide bonds. The van der Waals surface area contributed by atoms with E-state index in [-0.39, 0.29) is 5.84 Å². The fourth-order valence-electron chi connectivity index (χ4n) is 1.17. The minimum absolute atomic E-state index is 0.0706. The van der Waals surface area contributed by atoms with Crippen molar-refractivity contribution in [2.75, 3.05) is 19.0 Å². The molecule has 5 nitrogen and oxygen atoms in total. The summed E-state index contributed by atoms with van der Waals surface area (Å²) in [5, 5.41) is 11.5. The average Bonchev–Trinajstić information content (AvgIpc) is 2.16. The van der Waals surface area contributed by atoms with Crippen molar-refractivity contribution in [3.8, 4) is 0 Å². The number of amidine groups is 1. The van der Waals surface area contributed by atoms with Crippen LogP contribution in [0.15, 0.2) is 17.4 Å². The maximum atomic E-state index is 8.58. The van der Waals surface area contributed by atoms with E-state index in [0.29, 0.717) is 5.56 Å². The molecule has 0 aliphatic rings. The molecule has 0 aliphatic heterocycles. The van der Waals surface area contributed by atoms with Gasteiger partial charge in [0.1, 0.15) is 0 Å². The van der Waals surface area contributed by atoms with Gasteiger partial charge in [0.2, 0.25) is 0 Å². The van der Waals surface area contributed by atoms with E-state index in [4.69, 9.17) is 10.9 Å². The Morgan fingerprint density at radius 2 is 2.21 bits per heavy atom. The van der Waals surface area contributed by atoms with Gasteiger partial charge in [-0.2, -0.15) is 0 Å². The number of pyridine rings is 1. The second-order valence-corrected chi connectivity index (χ2v) is 3.22. The summed E-state index contributed by atoms with van der Waals surface area (Å²) in [5.74, 6) is 0.0706. The molecule has 76 valence electrons. The maximum Gasteiger partial charge on any atom is 0.173 e. The van der Waals surface area contributed by atoms with Crippen molar-refractivity contribution in [2.45, 2.75) is 6.92 Å². The summed E-state index contributed by atoms with van der Waals surface area (Å²) in [5.41, 5.74) is 7.92. The third-order valence-electron chi connectivity index (χ3n) is 1.88. The van der Waals surface area contributed by atoms with Crippen molar-refractivity contribution in [2.24, 2.45) is 10.9 Å². The first-order valence-corrected chi connectivity index (χ1v) is 4.18. The van der Waals surface area contributed by atoms with Gasteiger partial charge in [-0.25, -0.2) is 0 Å². The smallest absolute Gasteiger partial charge is 0.173 e. The van der Waals surface area contributed by atoms with E-state index in [1.54, 1.807) is 6.20 Å². The van der Waals surface area contributed by atoms with Gasteiger partial charge in [0.25, 0.3) is 0 Å². The Labute approximate surface area is 82.9 Å². The zero-order valence-corrected chi connectivity index (χ0v) is 8.52. The molecular weight excluding hydrogens is 180 g/mol. The van der Waals surface area contributed by atoms with Crippen LogP contribution in [0.25, 0.3) is 0 Å². The standard InChI is InChI=1S/C9H14N4O/c1-6-4-8(13(2)3)7(5-11-6)9(10)12-14/h4-5,14H,1-3H3,(H2,10,12). The van der Waals surface area contributed by atoms with Crippen LogP contribution in [-0.2, 0) is 0 Å². The number of hydrogen-bond acceptors (Lipinski definition) is 4. The molecule has 0 unspecified atom stereocenters. The topological polar surface area (TPSA) is 74.7 Å². The van der Waals surface area contributed by atoms with Crippen LogP contribution in [0.5, 0.6) is 0 Å². The van der Waals surface area contributed by atoms with Crippen LogP contribution in [0.4, 0.5) is 5.69 Å². The SMILES string of the molecule is Cc1cc(N(C)C)c(/C(N)=N/O)cn1. The van der Waals surface area contributed by atoms with Gasteiger partial charge in [-0.1, -0.05) is 5.16 Å². The molecular formula is C9H14N4O. The Morgan fingerprint density at radius 1 is 1.57 bits per heavy atom. The van der Waals surface area contributed by atoms with E-state index in [1.165, 1.54) is 0 Å². The molecule has 1 aromatic heterocycles. The van der Waals surface area contributed by atoms with Crippen LogP contribution in [-0.4, -0.2) is 30.1 Å². The molecule has 0 aliphatic carbocycles. The number of rotatable bonds is 2. The molecule has 0 spiro atoms. The molecule has 1 heterocycles. The van der Waals surface area contributed by atoms with Crippen molar-refractivity contribution in [3.63, 3.8) is 0 Å². The first-order valence-electron chi connectivity index (χ1n) is 4.18. The van der Waals surface area contributed by atoms with E-state index < -0.39 is 0 Å². The van der Waals surface area contributed by atoms with E-state index >= 15 is 0 Å². The summed E-state index contributed by atoms with van der Waals surface area (Å²) < 4.78 is 0. The van der Waals surface area contributed by atoms with Crippen molar-refractivity contribution in [1.82, 2.24) is 4.98 Å². The lowest BCUT2D eigenvalue weighted by atomic mass is 10.2. The molecule has 3 N–H and O–H groups in total. The molecule has 0 bridgehead atoms. The molecule has 1 aromatic rings. The van der Waals surface area contributed by atoms with Gasteiger partial charge in [-0.3, -0.25) is 4.98 Å². The Kier molecular flexibility index (Phi) is 2.91. The lowest BCUT2D eigenvalue weighted by Crippen LogP contribution is -2.20. The van der Waals surface area contributed by atoms with E-state index in [9.17, 15) is 0 Å². The normalized spacial score (nSPS) is 11.5. The first-order chi connectivity index (χ1) is 6.56. The molecule has 0 saturated heterocycles. The molecule has 0 fully saturated rings. The van der Waals surface area contributed by atoms with Crippen molar-refractivity contribution >= 4 is 11.5 Å². The van der Waals surface area contributed by atoms with E-state index in [2.05, 4.69) is 10.1 Å². The number of aryl methyl sites for hydroxylation is 1.